The highest BCUT2D eigenvalue weighted by molar-refractivity contribution is 8.00. The molecule has 7 rings (SSSR count). The Morgan fingerprint density at radius 1 is 0.746 bits per heavy atom. The Bertz CT molecular complexity index is 2080. The largest absolute Gasteiger partial charge is 0.468 e. The summed E-state index contributed by atoms with van der Waals surface area (Å²) in [5.41, 5.74) is 6.93. The molecule has 4 N–H and O–H groups in total. The van der Waals surface area contributed by atoms with E-state index in [9.17, 15) is 24.0 Å². The lowest BCUT2D eigenvalue weighted by molar-refractivity contribution is -0.141. The zero-order valence-electron chi connectivity index (χ0n) is 33.0. The van der Waals surface area contributed by atoms with Gasteiger partial charge in [0.25, 0.3) is 0 Å². The van der Waals surface area contributed by atoms with E-state index < -0.39 is 34.1 Å². The van der Waals surface area contributed by atoms with Gasteiger partial charge in [-0.15, -0.1) is 11.8 Å². The van der Waals surface area contributed by atoms with Crippen molar-refractivity contribution < 1.29 is 33.4 Å². The number of carbonyl (C=O) groups is 5. The SMILES string of the molecule is CCNC(=O)OCC1c2ccccc2-c2ccccc21.COC(=O)CNC(=O)C1(NC(=O)[C@@H](CSC(c2ccccc2)(c2ccccc2)c2ccccc2)NC=O)CC1. The zero-order valence-corrected chi connectivity index (χ0v) is 33.8. The van der Waals surface area contributed by atoms with Crippen molar-refractivity contribution in [2.45, 2.75) is 42.0 Å². The van der Waals surface area contributed by atoms with E-state index in [1.165, 1.54) is 41.1 Å². The molecule has 59 heavy (non-hydrogen) atoms. The third-order valence-electron chi connectivity index (χ3n) is 10.4. The first-order chi connectivity index (χ1) is 28.8. The maximum atomic E-state index is 13.4. The Labute approximate surface area is 348 Å². The van der Waals surface area contributed by atoms with E-state index in [1.54, 1.807) is 0 Å². The van der Waals surface area contributed by atoms with E-state index in [2.05, 4.69) is 86.7 Å². The van der Waals surface area contributed by atoms with Crippen LogP contribution in [0.2, 0.25) is 0 Å². The molecular weight excluding hydrogens is 765 g/mol. The number of amides is 4. The Morgan fingerprint density at radius 2 is 1.24 bits per heavy atom. The average molecular weight is 813 g/mol. The quantitative estimate of drug-likeness (QED) is 0.0515. The van der Waals surface area contributed by atoms with Crippen molar-refractivity contribution in [2.24, 2.45) is 0 Å². The molecule has 5 aromatic carbocycles. The zero-order chi connectivity index (χ0) is 41.7. The summed E-state index contributed by atoms with van der Waals surface area (Å²) in [6.07, 6.45) is 1.02. The van der Waals surface area contributed by atoms with Gasteiger partial charge in [0, 0.05) is 18.2 Å². The van der Waals surface area contributed by atoms with Crippen LogP contribution in [0.25, 0.3) is 11.1 Å². The number of carbonyl (C=O) groups excluding carboxylic acids is 5. The second kappa shape index (κ2) is 19.8. The lowest BCUT2D eigenvalue weighted by atomic mass is 9.84. The van der Waals surface area contributed by atoms with Gasteiger partial charge in [0.2, 0.25) is 18.2 Å². The number of thioether (sulfide) groups is 1. The minimum atomic E-state index is -1.10. The number of ether oxygens (including phenoxy) is 2. The summed E-state index contributed by atoms with van der Waals surface area (Å²) in [4.78, 5) is 60.6. The number of rotatable bonds is 16. The van der Waals surface area contributed by atoms with Gasteiger partial charge in [0.1, 0.15) is 24.7 Å². The molecule has 0 radical (unpaired) electrons. The normalized spacial score (nSPS) is 13.8. The molecule has 5 aromatic rings. The van der Waals surface area contributed by atoms with Crippen molar-refractivity contribution in [1.29, 1.82) is 0 Å². The number of methoxy groups -OCH3 is 1. The fourth-order valence-electron chi connectivity index (χ4n) is 7.30. The Hall–Kier alpha value is -6.40. The van der Waals surface area contributed by atoms with Crippen molar-refractivity contribution in [3.63, 3.8) is 0 Å². The van der Waals surface area contributed by atoms with E-state index >= 15 is 0 Å². The maximum Gasteiger partial charge on any atom is 0.407 e. The minimum absolute atomic E-state index is 0.130. The first-order valence-corrected chi connectivity index (χ1v) is 20.5. The summed E-state index contributed by atoms with van der Waals surface area (Å²) in [7, 11) is 1.23. The molecule has 0 spiro atoms. The number of hydrogen-bond acceptors (Lipinski definition) is 8. The molecular formula is C47H48N4O7S. The van der Waals surface area contributed by atoms with Crippen LogP contribution in [0, 0.1) is 0 Å². The average Bonchev–Trinajstić information content (AvgIpc) is 4.00. The number of alkyl carbamates (subject to hydrolysis) is 1. The fourth-order valence-corrected chi connectivity index (χ4v) is 8.88. The molecule has 0 saturated heterocycles. The van der Waals surface area contributed by atoms with Gasteiger partial charge in [-0.3, -0.25) is 19.2 Å². The third kappa shape index (κ3) is 9.84. The molecule has 11 nitrogen and oxygen atoms in total. The van der Waals surface area contributed by atoms with Crippen LogP contribution in [-0.2, 0) is 33.4 Å². The second-order valence-electron chi connectivity index (χ2n) is 14.1. The van der Waals surface area contributed by atoms with Crippen LogP contribution in [0.5, 0.6) is 0 Å². The van der Waals surface area contributed by atoms with Crippen molar-refractivity contribution >= 4 is 42.0 Å². The van der Waals surface area contributed by atoms with Crippen LogP contribution in [-0.4, -0.2) is 74.4 Å². The number of esters is 1. The smallest absolute Gasteiger partial charge is 0.407 e. The van der Waals surface area contributed by atoms with Crippen LogP contribution in [0.3, 0.4) is 0 Å². The van der Waals surface area contributed by atoms with E-state index in [1.807, 2.05) is 85.8 Å². The Balaban J connectivity index is 0.000000244. The highest BCUT2D eigenvalue weighted by Crippen LogP contribution is 2.49. The maximum absolute atomic E-state index is 13.4. The summed E-state index contributed by atoms with van der Waals surface area (Å²) in [5.74, 6) is -1.15. The predicted molar refractivity (Wildman–Crippen MR) is 229 cm³/mol. The van der Waals surface area contributed by atoms with E-state index in [0.29, 0.717) is 32.4 Å². The first-order valence-electron chi connectivity index (χ1n) is 19.5. The molecule has 304 valence electrons. The number of fused-ring (bicyclic) bond motifs is 3. The van der Waals surface area contributed by atoms with Gasteiger partial charge in [-0.1, -0.05) is 140 Å². The van der Waals surface area contributed by atoms with E-state index in [4.69, 9.17) is 4.74 Å². The van der Waals surface area contributed by atoms with Crippen molar-refractivity contribution in [1.82, 2.24) is 21.3 Å². The summed E-state index contributed by atoms with van der Waals surface area (Å²) >= 11 is 1.53. The second-order valence-corrected chi connectivity index (χ2v) is 15.3. The summed E-state index contributed by atoms with van der Waals surface area (Å²) in [5, 5.41) is 10.6. The van der Waals surface area contributed by atoms with Crippen molar-refractivity contribution in [2.75, 3.05) is 32.6 Å². The Kier molecular flexibility index (Phi) is 14.2. The molecule has 2 aliphatic rings. The highest BCUT2D eigenvalue weighted by Gasteiger charge is 2.52. The van der Waals surface area contributed by atoms with Gasteiger partial charge in [0.15, 0.2) is 0 Å². The molecule has 0 aliphatic heterocycles. The summed E-state index contributed by atoms with van der Waals surface area (Å²) in [6, 6.07) is 45.8. The van der Waals surface area contributed by atoms with Crippen molar-refractivity contribution in [3.8, 4) is 11.1 Å². The van der Waals surface area contributed by atoms with Gasteiger partial charge in [-0.25, -0.2) is 4.79 Å². The van der Waals surface area contributed by atoms with Gasteiger partial charge in [0.05, 0.1) is 11.9 Å². The summed E-state index contributed by atoms with van der Waals surface area (Å²) in [6.45, 7) is 2.55. The van der Waals surface area contributed by atoms with Crippen molar-refractivity contribution in [3.05, 3.63) is 167 Å². The molecule has 2 aliphatic carbocycles. The van der Waals surface area contributed by atoms with Crippen LogP contribution >= 0.6 is 11.8 Å². The molecule has 1 atom stereocenters. The monoisotopic (exact) mass is 812 g/mol. The molecule has 1 fully saturated rings. The molecule has 1 saturated carbocycles. The Morgan fingerprint density at radius 3 is 1.69 bits per heavy atom. The van der Waals surface area contributed by atoms with Crippen LogP contribution in [0.1, 0.15) is 53.5 Å². The topological polar surface area (TPSA) is 152 Å². The third-order valence-corrected chi connectivity index (χ3v) is 12.1. The van der Waals surface area contributed by atoms with Gasteiger partial charge in [-0.2, -0.15) is 0 Å². The number of nitrogens with one attached hydrogen (secondary N) is 4. The molecule has 12 heteroatoms. The molecule has 0 aromatic heterocycles. The van der Waals surface area contributed by atoms with E-state index in [0.717, 1.165) is 16.7 Å². The lowest BCUT2D eigenvalue weighted by Gasteiger charge is -2.36. The van der Waals surface area contributed by atoms with Crippen LogP contribution < -0.4 is 21.3 Å². The summed E-state index contributed by atoms with van der Waals surface area (Å²) < 4.78 is 9.22. The lowest BCUT2D eigenvalue weighted by Crippen LogP contribution is -2.55. The molecule has 0 unspecified atom stereocenters. The highest BCUT2D eigenvalue weighted by atomic mass is 32.2. The number of hydrogen-bond donors (Lipinski definition) is 4. The van der Waals surface area contributed by atoms with Crippen LogP contribution in [0.4, 0.5) is 4.79 Å². The van der Waals surface area contributed by atoms with Crippen LogP contribution in [0.15, 0.2) is 140 Å². The minimum Gasteiger partial charge on any atom is -0.468 e. The first kappa shape index (κ1) is 42.2. The molecule has 0 heterocycles. The molecule has 0 bridgehead atoms. The van der Waals surface area contributed by atoms with Gasteiger partial charge in [-0.05, 0) is 58.7 Å². The molecule has 4 amide bonds. The number of benzene rings is 5. The van der Waals surface area contributed by atoms with Gasteiger partial charge < -0.3 is 30.7 Å². The van der Waals surface area contributed by atoms with Gasteiger partial charge >= 0.3 is 12.1 Å². The van der Waals surface area contributed by atoms with E-state index in [-0.39, 0.29) is 24.3 Å². The predicted octanol–water partition coefficient (Wildman–Crippen LogP) is 6.31. The fraction of sp³-hybridized carbons (Fsp3) is 0.255. The standard InChI is InChI=1S/C30H31N3O5S.C17H17NO2/c1-38-26(35)19-31-28(37)29(17-18-29)33-27(36)25(32-21-34)20-39-30(22-11-5-2-6-12-22,23-13-7-3-8-14-23)24-15-9-4-10-16-24;1-2-18-17(19)20-11-16-14-9-5-3-7-12(14)13-8-4-6-10-15(13)16/h2-16,21,25H,17-20H2,1H3,(H,31,37)(H,32,34)(H,33,36);3-10,16H,2,11H2,1H3,(H,18,19)/t25-;/m1./s1.